The highest BCUT2D eigenvalue weighted by molar-refractivity contribution is 5.94. The number of amides is 1. The van der Waals surface area contributed by atoms with E-state index in [2.05, 4.69) is 58.5 Å². The van der Waals surface area contributed by atoms with E-state index in [0.29, 0.717) is 12.1 Å². The maximum Gasteiger partial charge on any atom is 0.251 e. The predicted molar refractivity (Wildman–Crippen MR) is 111 cm³/mol. The highest BCUT2D eigenvalue weighted by Gasteiger charge is 2.06. The third-order valence-electron chi connectivity index (χ3n) is 4.80. The summed E-state index contributed by atoms with van der Waals surface area (Å²) in [4.78, 5) is 12.3. The number of carbonyl (C=O) groups excluding carboxylic acids is 1. The van der Waals surface area contributed by atoms with Gasteiger partial charge < -0.3 is 9.88 Å². The molecule has 3 heteroatoms. The van der Waals surface area contributed by atoms with E-state index in [9.17, 15) is 4.79 Å². The molecule has 1 N–H and O–H groups in total. The zero-order valence-corrected chi connectivity index (χ0v) is 15.1. The molecule has 3 nitrogen and oxygen atoms in total. The molecule has 27 heavy (non-hydrogen) atoms. The zero-order valence-electron chi connectivity index (χ0n) is 15.1. The number of carbonyl (C=O) groups is 1. The lowest BCUT2D eigenvalue weighted by Gasteiger charge is -2.08. The standard InChI is InChI=1S/C24H22N2O/c27-24(22-13-11-20(12-14-22)19-7-2-1-3-8-19)25-16-6-17-26-18-15-21-9-4-5-10-23(21)26/h1-5,7-15,18H,6,16-17H2,(H,25,27). The Kier molecular flexibility index (Phi) is 5.01. The van der Waals surface area contributed by atoms with E-state index < -0.39 is 0 Å². The Hall–Kier alpha value is -3.33. The molecule has 1 amide bonds. The van der Waals surface area contributed by atoms with Crippen LogP contribution in [0.15, 0.2) is 91.1 Å². The van der Waals surface area contributed by atoms with E-state index in [1.165, 1.54) is 10.9 Å². The quantitative estimate of drug-likeness (QED) is 0.479. The van der Waals surface area contributed by atoms with Crippen molar-refractivity contribution in [3.05, 3.63) is 96.7 Å². The van der Waals surface area contributed by atoms with E-state index in [0.717, 1.165) is 24.1 Å². The molecule has 4 aromatic rings. The summed E-state index contributed by atoms with van der Waals surface area (Å²) in [6, 6.07) is 28.4. The minimum absolute atomic E-state index is 0.0213. The third-order valence-corrected chi connectivity index (χ3v) is 4.80. The normalized spacial score (nSPS) is 10.8. The SMILES string of the molecule is O=C(NCCCn1ccc2ccccc21)c1ccc(-c2ccccc2)cc1. The number of hydrogen-bond donors (Lipinski definition) is 1. The lowest BCUT2D eigenvalue weighted by atomic mass is 10.0. The topological polar surface area (TPSA) is 34.0 Å². The Labute approximate surface area is 159 Å². The van der Waals surface area contributed by atoms with Crippen molar-refractivity contribution < 1.29 is 4.79 Å². The fraction of sp³-hybridized carbons (Fsp3) is 0.125. The lowest BCUT2D eigenvalue weighted by Crippen LogP contribution is -2.25. The number of nitrogens with one attached hydrogen (secondary N) is 1. The van der Waals surface area contributed by atoms with Crippen LogP contribution in [0.1, 0.15) is 16.8 Å². The summed E-state index contributed by atoms with van der Waals surface area (Å²) in [6.07, 6.45) is 3.00. The fourth-order valence-corrected chi connectivity index (χ4v) is 3.33. The number of aromatic nitrogens is 1. The van der Waals surface area contributed by atoms with Crippen LogP contribution >= 0.6 is 0 Å². The van der Waals surface area contributed by atoms with Crippen molar-refractivity contribution in [2.24, 2.45) is 0 Å². The lowest BCUT2D eigenvalue weighted by molar-refractivity contribution is 0.0953. The van der Waals surface area contributed by atoms with Crippen molar-refractivity contribution in [2.45, 2.75) is 13.0 Å². The maximum atomic E-state index is 12.3. The molecule has 0 fully saturated rings. The van der Waals surface area contributed by atoms with Gasteiger partial charge in [0.2, 0.25) is 0 Å². The van der Waals surface area contributed by atoms with Crippen LogP contribution in [0.25, 0.3) is 22.0 Å². The van der Waals surface area contributed by atoms with Crippen LogP contribution in [0.5, 0.6) is 0 Å². The van der Waals surface area contributed by atoms with Gasteiger partial charge in [-0.15, -0.1) is 0 Å². The molecular formula is C24H22N2O. The monoisotopic (exact) mass is 354 g/mol. The number of nitrogens with zero attached hydrogens (tertiary/aromatic N) is 1. The van der Waals surface area contributed by atoms with Crippen LogP contribution in [0.4, 0.5) is 0 Å². The molecule has 0 saturated carbocycles. The number of fused-ring (bicyclic) bond motifs is 1. The van der Waals surface area contributed by atoms with E-state index >= 15 is 0 Å². The molecule has 0 bridgehead atoms. The van der Waals surface area contributed by atoms with E-state index in [1.807, 2.05) is 42.5 Å². The van der Waals surface area contributed by atoms with Crippen LogP contribution in [0, 0.1) is 0 Å². The maximum absolute atomic E-state index is 12.3. The number of rotatable bonds is 6. The van der Waals surface area contributed by atoms with Gasteiger partial charge in [0.1, 0.15) is 0 Å². The smallest absolute Gasteiger partial charge is 0.251 e. The molecule has 4 rings (SSSR count). The van der Waals surface area contributed by atoms with Gasteiger partial charge in [-0.05, 0) is 47.2 Å². The number of benzene rings is 3. The summed E-state index contributed by atoms with van der Waals surface area (Å²) in [6.45, 7) is 1.55. The first kappa shape index (κ1) is 17.1. The van der Waals surface area contributed by atoms with Crippen molar-refractivity contribution in [1.82, 2.24) is 9.88 Å². The van der Waals surface area contributed by atoms with E-state index in [1.54, 1.807) is 0 Å². The van der Waals surface area contributed by atoms with Gasteiger partial charge in [-0.3, -0.25) is 4.79 Å². The molecule has 1 aromatic heterocycles. The highest BCUT2D eigenvalue weighted by Crippen LogP contribution is 2.19. The summed E-state index contributed by atoms with van der Waals surface area (Å²) >= 11 is 0. The minimum atomic E-state index is -0.0213. The molecular weight excluding hydrogens is 332 g/mol. The second kappa shape index (κ2) is 7.92. The van der Waals surface area contributed by atoms with E-state index in [-0.39, 0.29) is 5.91 Å². The van der Waals surface area contributed by atoms with Crippen LogP contribution in [-0.4, -0.2) is 17.0 Å². The molecule has 0 aliphatic rings. The Morgan fingerprint density at radius 2 is 1.48 bits per heavy atom. The van der Waals surface area contributed by atoms with Crippen LogP contribution < -0.4 is 5.32 Å². The predicted octanol–water partition coefficient (Wildman–Crippen LogP) is 5.13. The van der Waals surface area contributed by atoms with Gasteiger partial charge in [0.05, 0.1) is 0 Å². The first-order valence-electron chi connectivity index (χ1n) is 9.29. The average molecular weight is 354 g/mol. The summed E-state index contributed by atoms with van der Waals surface area (Å²) in [5.41, 5.74) is 4.21. The van der Waals surface area contributed by atoms with Gasteiger partial charge in [0.15, 0.2) is 0 Å². The van der Waals surface area contributed by atoms with Gasteiger partial charge >= 0.3 is 0 Å². The number of para-hydroxylation sites is 1. The largest absolute Gasteiger partial charge is 0.352 e. The Morgan fingerprint density at radius 3 is 2.30 bits per heavy atom. The second-order valence-electron chi connectivity index (χ2n) is 6.62. The molecule has 0 radical (unpaired) electrons. The molecule has 0 unspecified atom stereocenters. The summed E-state index contributed by atoms with van der Waals surface area (Å²) in [5.74, 6) is -0.0213. The number of hydrogen-bond acceptors (Lipinski definition) is 1. The number of aryl methyl sites for hydroxylation is 1. The van der Waals surface area contributed by atoms with Crippen molar-refractivity contribution in [3.63, 3.8) is 0 Å². The molecule has 1 heterocycles. The first-order valence-corrected chi connectivity index (χ1v) is 9.29. The molecule has 0 spiro atoms. The molecule has 0 aliphatic carbocycles. The second-order valence-corrected chi connectivity index (χ2v) is 6.62. The molecule has 0 aliphatic heterocycles. The molecule has 0 atom stereocenters. The molecule has 134 valence electrons. The van der Waals surface area contributed by atoms with Crippen molar-refractivity contribution in [1.29, 1.82) is 0 Å². The van der Waals surface area contributed by atoms with Crippen LogP contribution in [-0.2, 0) is 6.54 Å². The summed E-state index contributed by atoms with van der Waals surface area (Å²) in [7, 11) is 0. The Morgan fingerprint density at radius 1 is 0.778 bits per heavy atom. The van der Waals surface area contributed by atoms with Crippen LogP contribution in [0.3, 0.4) is 0 Å². The Balaban J connectivity index is 1.30. The van der Waals surface area contributed by atoms with Gasteiger partial charge in [-0.2, -0.15) is 0 Å². The van der Waals surface area contributed by atoms with Gasteiger partial charge in [0.25, 0.3) is 5.91 Å². The van der Waals surface area contributed by atoms with Crippen molar-refractivity contribution in [3.8, 4) is 11.1 Å². The summed E-state index contributed by atoms with van der Waals surface area (Å²) < 4.78 is 2.23. The van der Waals surface area contributed by atoms with E-state index in [4.69, 9.17) is 0 Å². The third kappa shape index (κ3) is 3.93. The Bertz CT molecular complexity index is 1030. The van der Waals surface area contributed by atoms with Crippen molar-refractivity contribution >= 4 is 16.8 Å². The zero-order chi connectivity index (χ0) is 18.5. The van der Waals surface area contributed by atoms with Crippen molar-refractivity contribution in [2.75, 3.05) is 6.54 Å². The van der Waals surface area contributed by atoms with Gasteiger partial charge in [-0.25, -0.2) is 0 Å². The fourth-order valence-electron chi connectivity index (χ4n) is 3.33. The highest BCUT2D eigenvalue weighted by atomic mass is 16.1. The average Bonchev–Trinajstić information content (AvgIpc) is 3.15. The minimum Gasteiger partial charge on any atom is -0.352 e. The molecule has 3 aromatic carbocycles. The van der Waals surface area contributed by atoms with Gasteiger partial charge in [-0.1, -0.05) is 60.7 Å². The van der Waals surface area contributed by atoms with Gasteiger partial charge in [0, 0.05) is 30.4 Å². The molecule has 0 saturated heterocycles. The van der Waals surface area contributed by atoms with Crippen LogP contribution in [0.2, 0.25) is 0 Å². The first-order chi connectivity index (χ1) is 13.3. The summed E-state index contributed by atoms with van der Waals surface area (Å²) in [5, 5.41) is 4.27.